The van der Waals surface area contributed by atoms with Gasteiger partial charge in [-0.1, -0.05) is 6.42 Å². The third-order valence-corrected chi connectivity index (χ3v) is 7.87. The number of Topliss-reactive ketones (excluding diaryl/α,β-unsaturated/α-hetero) is 1. The van der Waals surface area contributed by atoms with Crippen LogP contribution >= 0.6 is 0 Å². The Morgan fingerprint density at radius 3 is 2.20 bits per heavy atom. The van der Waals surface area contributed by atoms with Gasteiger partial charge in [0.05, 0.1) is 0 Å². The van der Waals surface area contributed by atoms with Crippen LogP contribution in [0, 0.1) is 11.7 Å². The average molecular weight is 432 g/mol. The topological polar surface area (TPSA) is 70.6 Å². The average Bonchev–Trinajstić information content (AvgIpc) is 2.80. The van der Waals surface area contributed by atoms with Gasteiger partial charge in [0.25, 0.3) is 0 Å². The number of carbonyl (C=O) groups is 1. The Morgan fingerprint density at radius 2 is 1.60 bits per heavy atom. The van der Waals surface area contributed by atoms with Crippen LogP contribution in [0.4, 0.5) is 10.2 Å². The van der Waals surface area contributed by atoms with Gasteiger partial charge in [-0.15, -0.1) is 0 Å². The summed E-state index contributed by atoms with van der Waals surface area (Å²) < 4.78 is 40.1. The number of benzene rings is 1. The highest BCUT2D eigenvalue weighted by Gasteiger charge is 2.28. The molecule has 8 heteroatoms. The van der Waals surface area contributed by atoms with Gasteiger partial charge < -0.3 is 4.90 Å². The number of ketones is 1. The van der Waals surface area contributed by atoms with Gasteiger partial charge in [-0.2, -0.15) is 4.31 Å². The van der Waals surface area contributed by atoms with Crippen molar-refractivity contribution in [1.29, 1.82) is 0 Å². The van der Waals surface area contributed by atoms with Gasteiger partial charge in [0.1, 0.15) is 16.5 Å². The molecule has 0 radical (unpaired) electrons. The lowest BCUT2D eigenvalue weighted by Gasteiger charge is -2.32. The predicted molar refractivity (Wildman–Crippen MR) is 113 cm³/mol. The van der Waals surface area contributed by atoms with Crippen LogP contribution in [0.15, 0.2) is 47.5 Å². The maximum atomic E-state index is 13.1. The summed E-state index contributed by atoms with van der Waals surface area (Å²) in [6.07, 6.45) is 5.68. The Bertz CT molecular complexity index is 979. The maximum absolute atomic E-state index is 13.1. The van der Waals surface area contributed by atoms with Crippen molar-refractivity contribution in [2.24, 2.45) is 5.92 Å². The first-order valence-corrected chi connectivity index (χ1v) is 11.9. The molecule has 2 fully saturated rings. The minimum Gasteiger partial charge on any atom is -0.357 e. The van der Waals surface area contributed by atoms with Gasteiger partial charge in [-0.05, 0) is 62.1 Å². The predicted octanol–water partition coefficient (Wildman–Crippen LogP) is 3.49. The van der Waals surface area contributed by atoms with Crippen molar-refractivity contribution in [1.82, 2.24) is 9.29 Å². The lowest BCUT2D eigenvalue weighted by atomic mass is 9.89. The van der Waals surface area contributed by atoms with Crippen LogP contribution in [-0.2, 0) is 10.0 Å². The fourth-order valence-electron chi connectivity index (χ4n) is 4.19. The van der Waals surface area contributed by atoms with E-state index < -0.39 is 10.0 Å². The number of aromatic nitrogens is 1. The van der Waals surface area contributed by atoms with E-state index in [1.807, 2.05) is 0 Å². The third-order valence-electron chi connectivity index (χ3n) is 5.99. The second-order valence-electron chi connectivity index (χ2n) is 7.95. The van der Waals surface area contributed by atoms with E-state index in [1.54, 1.807) is 16.4 Å². The molecule has 2 saturated heterocycles. The molecule has 1 aromatic heterocycles. The van der Waals surface area contributed by atoms with Gasteiger partial charge >= 0.3 is 0 Å². The molecular weight excluding hydrogens is 405 g/mol. The van der Waals surface area contributed by atoms with E-state index in [9.17, 15) is 17.6 Å². The van der Waals surface area contributed by atoms with Crippen LogP contribution in [0.1, 0.15) is 42.5 Å². The highest BCUT2D eigenvalue weighted by atomic mass is 32.2. The molecule has 0 spiro atoms. The molecular formula is C22H26FN3O3S. The molecule has 6 nitrogen and oxygen atoms in total. The first-order valence-electron chi connectivity index (χ1n) is 10.5. The van der Waals surface area contributed by atoms with E-state index in [0.717, 1.165) is 25.1 Å². The molecule has 3 heterocycles. The van der Waals surface area contributed by atoms with Crippen LogP contribution in [-0.4, -0.2) is 49.7 Å². The number of hydrogen-bond donors (Lipinski definition) is 0. The van der Waals surface area contributed by atoms with Crippen molar-refractivity contribution >= 4 is 21.6 Å². The number of piperidine rings is 2. The first-order chi connectivity index (χ1) is 14.4. The summed E-state index contributed by atoms with van der Waals surface area (Å²) in [7, 11) is -3.48. The van der Waals surface area contributed by atoms with Crippen molar-refractivity contribution in [3.8, 4) is 0 Å². The number of hydrogen-bond acceptors (Lipinski definition) is 5. The van der Waals surface area contributed by atoms with E-state index in [0.29, 0.717) is 44.6 Å². The molecule has 1 aromatic carbocycles. The molecule has 4 rings (SSSR count). The summed E-state index contributed by atoms with van der Waals surface area (Å²) in [6, 6.07) is 9.07. The van der Waals surface area contributed by atoms with E-state index >= 15 is 0 Å². The Hall–Kier alpha value is -2.32. The molecule has 2 aromatic rings. The summed E-state index contributed by atoms with van der Waals surface area (Å²) in [5.41, 5.74) is 0.542. The number of halogens is 1. The Labute approximate surface area is 176 Å². The molecule has 160 valence electrons. The summed E-state index contributed by atoms with van der Waals surface area (Å²) in [5.74, 6) is 0.328. The summed E-state index contributed by atoms with van der Waals surface area (Å²) in [5, 5.41) is 0. The number of carbonyl (C=O) groups excluding carboxylic acids is 1. The van der Waals surface area contributed by atoms with E-state index in [4.69, 9.17) is 0 Å². The van der Waals surface area contributed by atoms with Crippen molar-refractivity contribution in [2.75, 3.05) is 31.1 Å². The molecule has 0 unspecified atom stereocenters. The number of pyridine rings is 1. The van der Waals surface area contributed by atoms with Crippen LogP contribution in [0.3, 0.4) is 0 Å². The molecule has 0 aliphatic carbocycles. The quantitative estimate of drug-likeness (QED) is 0.678. The second kappa shape index (κ2) is 8.81. The van der Waals surface area contributed by atoms with Crippen molar-refractivity contribution in [3.05, 3.63) is 54.0 Å². The lowest BCUT2D eigenvalue weighted by Crippen LogP contribution is -2.37. The second-order valence-corrected chi connectivity index (χ2v) is 9.89. The standard InChI is InChI=1S/C22H26FN3O3S/c23-19-6-4-17(5-7-19)22(27)18-10-14-25(15-11-18)21-9-8-20(16-24-21)30(28,29)26-12-2-1-3-13-26/h4-9,16,18H,1-3,10-15H2. The number of sulfonamides is 1. The number of rotatable bonds is 5. The van der Waals surface area contributed by atoms with E-state index in [2.05, 4.69) is 9.88 Å². The largest absolute Gasteiger partial charge is 0.357 e. The van der Waals surface area contributed by atoms with Gasteiger partial charge in [-0.3, -0.25) is 4.79 Å². The summed E-state index contributed by atoms with van der Waals surface area (Å²) in [4.78, 5) is 19.3. The Balaban J connectivity index is 1.38. The minimum atomic E-state index is -3.48. The van der Waals surface area contributed by atoms with Crippen LogP contribution in [0.2, 0.25) is 0 Å². The zero-order chi connectivity index (χ0) is 21.1. The molecule has 30 heavy (non-hydrogen) atoms. The van der Waals surface area contributed by atoms with Crippen molar-refractivity contribution in [3.63, 3.8) is 0 Å². The molecule has 0 atom stereocenters. The number of anilines is 1. The normalized spacial score (nSPS) is 19.0. The van der Waals surface area contributed by atoms with Gasteiger partial charge in [0, 0.05) is 43.9 Å². The zero-order valence-corrected chi connectivity index (χ0v) is 17.7. The molecule has 0 N–H and O–H groups in total. The van der Waals surface area contributed by atoms with Gasteiger partial charge in [0.15, 0.2) is 5.78 Å². The minimum absolute atomic E-state index is 0.0468. The lowest BCUT2D eigenvalue weighted by molar-refractivity contribution is 0.0900. The molecule has 0 saturated carbocycles. The molecule has 2 aliphatic rings. The fraction of sp³-hybridized carbons (Fsp3) is 0.455. The van der Waals surface area contributed by atoms with Gasteiger partial charge in [-0.25, -0.2) is 17.8 Å². The highest BCUT2D eigenvalue weighted by molar-refractivity contribution is 7.89. The fourth-order valence-corrected chi connectivity index (χ4v) is 5.65. The maximum Gasteiger partial charge on any atom is 0.244 e. The van der Waals surface area contributed by atoms with E-state index in [-0.39, 0.29) is 22.4 Å². The van der Waals surface area contributed by atoms with Crippen LogP contribution in [0.25, 0.3) is 0 Å². The third kappa shape index (κ3) is 4.39. The van der Waals surface area contributed by atoms with E-state index in [1.165, 1.54) is 30.5 Å². The van der Waals surface area contributed by atoms with Crippen molar-refractivity contribution < 1.29 is 17.6 Å². The molecule has 0 amide bonds. The van der Waals surface area contributed by atoms with Crippen molar-refractivity contribution in [2.45, 2.75) is 37.0 Å². The van der Waals surface area contributed by atoms with Gasteiger partial charge in [0.2, 0.25) is 10.0 Å². The molecule has 2 aliphatic heterocycles. The summed E-state index contributed by atoms with van der Waals surface area (Å²) in [6.45, 7) is 2.48. The SMILES string of the molecule is O=C(c1ccc(F)cc1)C1CCN(c2ccc(S(=O)(=O)N3CCCCC3)cn2)CC1. The zero-order valence-electron chi connectivity index (χ0n) is 16.8. The monoisotopic (exact) mass is 431 g/mol. The smallest absolute Gasteiger partial charge is 0.244 e. The number of nitrogens with zero attached hydrogens (tertiary/aromatic N) is 3. The summed E-state index contributed by atoms with van der Waals surface area (Å²) >= 11 is 0. The first kappa shape index (κ1) is 20.9. The Morgan fingerprint density at radius 1 is 0.933 bits per heavy atom. The van der Waals surface area contributed by atoms with Crippen LogP contribution in [0.5, 0.6) is 0 Å². The van der Waals surface area contributed by atoms with Crippen LogP contribution < -0.4 is 4.90 Å². The highest BCUT2D eigenvalue weighted by Crippen LogP contribution is 2.26. The molecule has 0 bridgehead atoms. The Kier molecular flexibility index (Phi) is 6.15.